The van der Waals surface area contributed by atoms with Gasteiger partial charge in [-0.15, -0.1) is 0 Å². The average Bonchev–Trinajstić information content (AvgIpc) is 2.64. The monoisotopic (exact) mass is 435 g/mol. The molecule has 1 fully saturated rings. The van der Waals surface area contributed by atoms with Crippen LogP contribution in [0.3, 0.4) is 0 Å². The molecule has 3 heterocycles. The van der Waals surface area contributed by atoms with Crippen molar-refractivity contribution < 1.29 is 30.5 Å². The number of halogens is 3. The van der Waals surface area contributed by atoms with Gasteiger partial charge in [0.15, 0.2) is 0 Å². The highest BCUT2D eigenvalue weighted by Gasteiger charge is 2.47. The van der Waals surface area contributed by atoms with Gasteiger partial charge in [-0.1, -0.05) is 0 Å². The minimum absolute atomic E-state index is 0.0529. The molecule has 160 valence electrons. The first-order valence-corrected chi connectivity index (χ1v) is 10.3. The van der Waals surface area contributed by atoms with E-state index in [9.17, 15) is 26.4 Å². The molecule has 0 aliphatic carbocycles. The number of morpholine rings is 1. The molecule has 12 heteroatoms. The lowest BCUT2D eigenvalue weighted by atomic mass is 10.1. The van der Waals surface area contributed by atoms with Gasteiger partial charge in [-0.05, 0) is 26.0 Å². The van der Waals surface area contributed by atoms with E-state index in [1.807, 2.05) is 6.92 Å². The Labute approximate surface area is 165 Å². The second-order valence-electron chi connectivity index (χ2n) is 6.64. The molecule has 3 rings (SSSR count). The lowest BCUT2D eigenvalue weighted by Crippen LogP contribution is -2.49. The van der Waals surface area contributed by atoms with Crippen LogP contribution in [0, 0.1) is 0 Å². The summed E-state index contributed by atoms with van der Waals surface area (Å²) in [6.07, 6.45) is 0.209. The number of hydrogen-bond acceptors (Lipinski definition) is 7. The van der Waals surface area contributed by atoms with Crippen LogP contribution in [-0.4, -0.2) is 55.4 Å². The number of ether oxygens (including phenoxy) is 1. The minimum atomic E-state index is -5.71. The van der Waals surface area contributed by atoms with E-state index in [0.717, 1.165) is 0 Å². The molecule has 29 heavy (non-hydrogen) atoms. The van der Waals surface area contributed by atoms with Crippen molar-refractivity contribution in [2.45, 2.75) is 38.1 Å². The molecule has 2 atom stereocenters. The fourth-order valence-corrected chi connectivity index (χ4v) is 3.79. The molecule has 0 amide bonds. The predicted octanol–water partition coefficient (Wildman–Crippen LogP) is 1.88. The second-order valence-corrected chi connectivity index (χ2v) is 8.25. The molecule has 8 nitrogen and oxygen atoms in total. The third-order valence-corrected chi connectivity index (χ3v) is 5.53. The SMILES string of the molecule is CCn1c(=O)cc(N2C[C@H](COS(=O)(=O)C(F)(F)F)O[C@H](C)C2)c2cccnc21. The summed E-state index contributed by atoms with van der Waals surface area (Å²) in [6.45, 7) is 3.58. The first-order chi connectivity index (χ1) is 13.5. The van der Waals surface area contributed by atoms with Crippen molar-refractivity contribution in [3.8, 4) is 0 Å². The Morgan fingerprint density at radius 2 is 2.07 bits per heavy atom. The normalized spacial score (nSPS) is 20.9. The molecule has 0 bridgehead atoms. The van der Waals surface area contributed by atoms with Gasteiger partial charge in [0.1, 0.15) is 11.8 Å². The molecule has 0 spiro atoms. The first kappa shape index (κ1) is 21.5. The summed E-state index contributed by atoms with van der Waals surface area (Å²) in [5, 5.41) is 0.700. The van der Waals surface area contributed by atoms with Crippen molar-refractivity contribution >= 4 is 26.8 Å². The Morgan fingerprint density at radius 3 is 2.72 bits per heavy atom. The fourth-order valence-electron chi connectivity index (χ4n) is 3.32. The summed E-state index contributed by atoms with van der Waals surface area (Å²) >= 11 is 0. The molecule has 2 aromatic rings. The highest BCUT2D eigenvalue weighted by Crippen LogP contribution is 2.28. The molecular formula is C17H20F3N3O5S. The summed E-state index contributed by atoms with van der Waals surface area (Å²) in [7, 11) is -5.71. The van der Waals surface area contributed by atoms with E-state index < -0.39 is 34.4 Å². The van der Waals surface area contributed by atoms with Crippen molar-refractivity contribution in [1.29, 1.82) is 0 Å². The number of hydrogen-bond donors (Lipinski definition) is 0. The van der Waals surface area contributed by atoms with Crippen LogP contribution in [0.1, 0.15) is 13.8 Å². The summed E-state index contributed by atoms with van der Waals surface area (Å²) in [5.41, 5.74) is -4.72. The standard InChI is InChI=1S/C17H20F3N3O5S/c1-3-23-15(24)7-14(13-5-4-6-21-16(13)23)22-8-11(2)28-12(9-22)10-27-29(25,26)17(18,19)20/h4-7,11-12H,3,8-10H2,1-2H3/t11-,12-/m1/s1. The number of fused-ring (bicyclic) bond motifs is 1. The number of anilines is 1. The maximum atomic E-state index is 12.5. The second kappa shape index (κ2) is 7.92. The van der Waals surface area contributed by atoms with Crippen LogP contribution in [0.25, 0.3) is 11.0 Å². The van der Waals surface area contributed by atoms with Crippen molar-refractivity contribution in [2.24, 2.45) is 0 Å². The topological polar surface area (TPSA) is 90.7 Å². The maximum Gasteiger partial charge on any atom is 0.523 e. The van der Waals surface area contributed by atoms with Crippen LogP contribution < -0.4 is 10.5 Å². The van der Waals surface area contributed by atoms with Crippen LogP contribution >= 0.6 is 0 Å². The fraction of sp³-hybridized carbons (Fsp3) is 0.529. The molecule has 0 aromatic carbocycles. The zero-order chi connectivity index (χ0) is 21.4. The van der Waals surface area contributed by atoms with Crippen LogP contribution in [0.5, 0.6) is 0 Å². The molecule has 0 N–H and O–H groups in total. The molecule has 1 saturated heterocycles. The van der Waals surface area contributed by atoms with Gasteiger partial charge in [-0.3, -0.25) is 13.5 Å². The minimum Gasteiger partial charge on any atom is -0.369 e. The molecule has 0 radical (unpaired) electrons. The number of aryl methyl sites for hydroxylation is 1. The van der Waals surface area contributed by atoms with Gasteiger partial charge in [0.05, 0.1) is 18.4 Å². The molecule has 0 unspecified atom stereocenters. The van der Waals surface area contributed by atoms with Crippen LogP contribution in [0.2, 0.25) is 0 Å². The van der Waals surface area contributed by atoms with E-state index in [0.29, 0.717) is 29.8 Å². The number of nitrogens with zero attached hydrogens (tertiary/aromatic N) is 3. The van der Waals surface area contributed by atoms with Gasteiger partial charge >= 0.3 is 15.6 Å². The Bertz CT molecular complexity index is 1050. The number of aromatic nitrogens is 2. The molecule has 0 saturated carbocycles. The largest absolute Gasteiger partial charge is 0.523 e. The van der Waals surface area contributed by atoms with Crippen LogP contribution in [0.15, 0.2) is 29.2 Å². The van der Waals surface area contributed by atoms with Gasteiger partial charge in [0, 0.05) is 37.3 Å². The number of alkyl halides is 3. The van der Waals surface area contributed by atoms with E-state index >= 15 is 0 Å². The smallest absolute Gasteiger partial charge is 0.369 e. The van der Waals surface area contributed by atoms with E-state index in [1.165, 1.54) is 10.6 Å². The van der Waals surface area contributed by atoms with Gasteiger partial charge in [0.25, 0.3) is 5.56 Å². The van der Waals surface area contributed by atoms with E-state index in [2.05, 4.69) is 9.17 Å². The lowest BCUT2D eigenvalue weighted by molar-refractivity contribution is -0.0656. The molecule has 2 aromatic heterocycles. The van der Waals surface area contributed by atoms with Crippen molar-refractivity contribution in [2.75, 3.05) is 24.6 Å². The highest BCUT2D eigenvalue weighted by molar-refractivity contribution is 7.87. The summed E-state index contributed by atoms with van der Waals surface area (Å²) in [5.74, 6) is 0. The lowest BCUT2D eigenvalue weighted by Gasteiger charge is -2.38. The average molecular weight is 435 g/mol. The Morgan fingerprint density at radius 1 is 1.34 bits per heavy atom. The zero-order valence-electron chi connectivity index (χ0n) is 15.7. The van der Waals surface area contributed by atoms with Crippen molar-refractivity contribution in [3.63, 3.8) is 0 Å². The first-order valence-electron chi connectivity index (χ1n) is 8.88. The van der Waals surface area contributed by atoms with Crippen LogP contribution in [0.4, 0.5) is 18.9 Å². The zero-order valence-corrected chi connectivity index (χ0v) is 16.5. The number of rotatable bonds is 5. The van der Waals surface area contributed by atoms with E-state index in [1.54, 1.807) is 30.2 Å². The quantitative estimate of drug-likeness (QED) is 0.523. The van der Waals surface area contributed by atoms with Crippen LogP contribution in [-0.2, 0) is 25.6 Å². The Balaban J connectivity index is 1.89. The Hall–Kier alpha value is -2.18. The molecule has 1 aliphatic rings. The number of pyridine rings is 2. The van der Waals surface area contributed by atoms with Crippen molar-refractivity contribution in [1.82, 2.24) is 9.55 Å². The predicted molar refractivity (Wildman–Crippen MR) is 99.2 cm³/mol. The van der Waals surface area contributed by atoms with Gasteiger partial charge < -0.3 is 9.64 Å². The summed E-state index contributed by atoms with van der Waals surface area (Å²) < 4.78 is 70.9. The summed E-state index contributed by atoms with van der Waals surface area (Å²) in [4.78, 5) is 18.5. The van der Waals surface area contributed by atoms with Gasteiger partial charge in [-0.2, -0.15) is 21.6 Å². The highest BCUT2D eigenvalue weighted by atomic mass is 32.2. The third-order valence-electron chi connectivity index (χ3n) is 4.52. The molecular weight excluding hydrogens is 415 g/mol. The maximum absolute atomic E-state index is 12.5. The van der Waals surface area contributed by atoms with E-state index in [-0.39, 0.29) is 12.1 Å². The third kappa shape index (κ3) is 4.38. The van der Waals surface area contributed by atoms with Gasteiger partial charge in [-0.25, -0.2) is 4.98 Å². The summed E-state index contributed by atoms with van der Waals surface area (Å²) in [6, 6.07) is 4.95. The van der Waals surface area contributed by atoms with Gasteiger partial charge in [0.2, 0.25) is 0 Å². The van der Waals surface area contributed by atoms with Crippen molar-refractivity contribution in [3.05, 3.63) is 34.7 Å². The van der Waals surface area contributed by atoms with E-state index in [4.69, 9.17) is 4.74 Å². The Kier molecular flexibility index (Phi) is 5.88. The molecule has 1 aliphatic heterocycles.